The molecule has 2 rings (SSSR count). The molecule has 22 heavy (non-hydrogen) atoms. The van der Waals surface area contributed by atoms with Crippen LogP contribution in [0.5, 0.6) is 11.5 Å². The number of phenols is 1. The van der Waals surface area contributed by atoms with Crippen molar-refractivity contribution in [2.75, 3.05) is 7.11 Å². The fraction of sp³-hybridized carbons (Fsp3) is 0.0714. The summed E-state index contributed by atoms with van der Waals surface area (Å²) in [5.74, 6) is 0.175. The third-order valence-corrected chi connectivity index (χ3v) is 3.28. The highest BCUT2D eigenvalue weighted by molar-refractivity contribution is 6.36. The molecule has 0 heterocycles. The number of aromatic hydroxyl groups is 1. The van der Waals surface area contributed by atoms with Gasteiger partial charge in [0.15, 0.2) is 0 Å². The number of nitrogens with zero attached hydrogens (tertiary/aromatic N) is 2. The van der Waals surface area contributed by atoms with Crippen LogP contribution in [0, 0.1) is 10.1 Å². The smallest absolute Gasteiger partial charge is 0.271 e. The van der Waals surface area contributed by atoms with E-state index >= 15 is 0 Å². The Balaban J connectivity index is 2.45. The summed E-state index contributed by atoms with van der Waals surface area (Å²) in [5.41, 5.74) is 0.402. The molecule has 0 unspecified atom stereocenters. The van der Waals surface area contributed by atoms with Gasteiger partial charge in [-0.3, -0.25) is 15.1 Å². The van der Waals surface area contributed by atoms with Crippen molar-refractivity contribution in [2.45, 2.75) is 0 Å². The highest BCUT2D eigenvalue weighted by Gasteiger charge is 2.11. The lowest BCUT2D eigenvalue weighted by Crippen LogP contribution is -1.90. The van der Waals surface area contributed by atoms with E-state index < -0.39 is 4.92 Å². The summed E-state index contributed by atoms with van der Waals surface area (Å²) in [7, 11) is 1.42. The van der Waals surface area contributed by atoms with Crippen LogP contribution < -0.4 is 4.74 Å². The zero-order valence-corrected chi connectivity index (χ0v) is 12.8. The minimum atomic E-state index is -0.536. The first-order chi connectivity index (χ1) is 10.4. The zero-order valence-electron chi connectivity index (χ0n) is 11.3. The minimum absolute atomic E-state index is 0.0833. The lowest BCUT2D eigenvalue weighted by Gasteiger charge is -2.05. The maximum Gasteiger partial charge on any atom is 0.271 e. The van der Waals surface area contributed by atoms with Crippen LogP contribution in [0.25, 0.3) is 0 Å². The van der Waals surface area contributed by atoms with Gasteiger partial charge in [-0.25, -0.2) is 0 Å². The van der Waals surface area contributed by atoms with Gasteiger partial charge in [0.2, 0.25) is 0 Å². The normalized spacial score (nSPS) is 10.9. The third-order valence-electron chi connectivity index (χ3n) is 2.77. The fourth-order valence-electron chi connectivity index (χ4n) is 1.72. The molecule has 0 fully saturated rings. The number of ether oxygens (including phenoxy) is 1. The van der Waals surface area contributed by atoms with Crippen LogP contribution in [0.3, 0.4) is 0 Å². The highest BCUT2D eigenvalue weighted by atomic mass is 35.5. The van der Waals surface area contributed by atoms with Crippen molar-refractivity contribution in [3.05, 3.63) is 56.1 Å². The van der Waals surface area contributed by atoms with Crippen LogP contribution in [-0.2, 0) is 0 Å². The number of nitro groups is 1. The van der Waals surface area contributed by atoms with E-state index in [0.29, 0.717) is 10.8 Å². The lowest BCUT2D eigenvalue weighted by molar-refractivity contribution is -0.384. The average molecular weight is 341 g/mol. The number of rotatable bonds is 4. The number of nitro benzene ring substituents is 1. The zero-order chi connectivity index (χ0) is 16.3. The van der Waals surface area contributed by atoms with E-state index in [4.69, 9.17) is 27.9 Å². The van der Waals surface area contributed by atoms with Gasteiger partial charge in [-0.15, -0.1) is 0 Å². The summed E-state index contributed by atoms with van der Waals surface area (Å²) in [6.07, 6.45) is 1.30. The molecule has 2 aromatic carbocycles. The number of aliphatic imine (C=N–C) groups is 1. The number of hydrogen-bond donors (Lipinski definition) is 1. The van der Waals surface area contributed by atoms with Crippen LogP contribution in [0.2, 0.25) is 10.0 Å². The number of halogens is 2. The molecule has 0 radical (unpaired) electrons. The topological polar surface area (TPSA) is 85.0 Å². The summed E-state index contributed by atoms with van der Waals surface area (Å²) >= 11 is 11.7. The molecular formula is C14H10Cl2N2O4. The van der Waals surface area contributed by atoms with E-state index in [1.165, 1.54) is 43.7 Å². The van der Waals surface area contributed by atoms with E-state index in [1.807, 2.05) is 0 Å². The first-order valence-corrected chi connectivity index (χ1v) is 6.72. The predicted octanol–water partition coefficient (Wildman–Crippen LogP) is 4.37. The Kier molecular flexibility index (Phi) is 4.85. The van der Waals surface area contributed by atoms with E-state index in [0.717, 1.165) is 0 Å². The lowest BCUT2D eigenvalue weighted by atomic mass is 10.2. The maximum atomic E-state index is 10.8. The molecule has 114 valence electrons. The molecule has 1 N–H and O–H groups in total. The van der Waals surface area contributed by atoms with Gasteiger partial charge < -0.3 is 9.84 Å². The Bertz CT molecular complexity index is 763. The molecule has 0 atom stereocenters. The van der Waals surface area contributed by atoms with Crippen LogP contribution in [0.1, 0.15) is 5.56 Å². The first-order valence-electron chi connectivity index (χ1n) is 5.97. The molecule has 0 bridgehead atoms. The number of benzene rings is 2. The van der Waals surface area contributed by atoms with E-state index in [2.05, 4.69) is 4.99 Å². The van der Waals surface area contributed by atoms with Gasteiger partial charge in [0, 0.05) is 28.9 Å². The van der Waals surface area contributed by atoms with Crippen LogP contribution in [0.4, 0.5) is 11.4 Å². The Morgan fingerprint density at radius 2 is 2.05 bits per heavy atom. The molecule has 2 aromatic rings. The number of methoxy groups -OCH3 is 1. The second kappa shape index (κ2) is 6.64. The van der Waals surface area contributed by atoms with Crippen molar-refractivity contribution >= 4 is 40.8 Å². The molecule has 0 aromatic heterocycles. The molecule has 6 nitrogen and oxygen atoms in total. The van der Waals surface area contributed by atoms with Gasteiger partial charge in [0.1, 0.15) is 17.2 Å². The largest absolute Gasteiger partial charge is 0.506 e. The van der Waals surface area contributed by atoms with Gasteiger partial charge in [0.05, 0.1) is 17.1 Å². The van der Waals surface area contributed by atoms with Crippen molar-refractivity contribution in [2.24, 2.45) is 4.99 Å². The van der Waals surface area contributed by atoms with Crippen molar-refractivity contribution in [1.82, 2.24) is 0 Å². The van der Waals surface area contributed by atoms with E-state index in [9.17, 15) is 15.2 Å². The van der Waals surface area contributed by atoms with Gasteiger partial charge in [-0.1, -0.05) is 23.2 Å². The number of phenolic OH excluding ortho intramolecular Hbond substituents is 1. The van der Waals surface area contributed by atoms with Gasteiger partial charge in [-0.05, 0) is 18.2 Å². The molecule has 0 amide bonds. The van der Waals surface area contributed by atoms with Gasteiger partial charge in [-0.2, -0.15) is 0 Å². The average Bonchev–Trinajstić information content (AvgIpc) is 2.48. The van der Waals surface area contributed by atoms with Crippen molar-refractivity contribution in [3.8, 4) is 11.5 Å². The summed E-state index contributed by atoms with van der Waals surface area (Å²) < 4.78 is 5.10. The van der Waals surface area contributed by atoms with E-state index in [-0.39, 0.29) is 27.7 Å². The summed E-state index contributed by atoms with van der Waals surface area (Å²) in [6.45, 7) is 0. The summed E-state index contributed by atoms with van der Waals surface area (Å²) in [5, 5.41) is 21.1. The van der Waals surface area contributed by atoms with Crippen LogP contribution in [0.15, 0.2) is 35.3 Å². The van der Waals surface area contributed by atoms with Crippen molar-refractivity contribution in [1.29, 1.82) is 0 Å². The summed E-state index contributed by atoms with van der Waals surface area (Å²) in [6, 6.07) is 6.87. The SMILES string of the molecule is COc1ccc([N+](=O)[O-])cc1N=Cc1cc(Cl)cc(Cl)c1O. The number of non-ortho nitro benzene ring substituents is 1. The Labute approximate surface area is 135 Å². The molecular weight excluding hydrogens is 331 g/mol. The second-order valence-electron chi connectivity index (χ2n) is 4.20. The quantitative estimate of drug-likeness (QED) is 0.508. The highest BCUT2D eigenvalue weighted by Crippen LogP contribution is 2.33. The minimum Gasteiger partial charge on any atom is -0.506 e. The monoisotopic (exact) mass is 340 g/mol. The fourth-order valence-corrected chi connectivity index (χ4v) is 2.23. The van der Waals surface area contributed by atoms with Crippen LogP contribution in [-0.4, -0.2) is 23.4 Å². The van der Waals surface area contributed by atoms with Crippen molar-refractivity contribution < 1.29 is 14.8 Å². The molecule has 0 aliphatic heterocycles. The Hall–Kier alpha value is -2.31. The van der Waals surface area contributed by atoms with Gasteiger partial charge >= 0.3 is 0 Å². The molecule has 0 spiro atoms. The predicted molar refractivity (Wildman–Crippen MR) is 85.0 cm³/mol. The molecule has 8 heteroatoms. The molecule has 0 saturated carbocycles. The Morgan fingerprint density at radius 1 is 1.32 bits per heavy atom. The molecule has 0 saturated heterocycles. The van der Waals surface area contributed by atoms with Gasteiger partial charge in [0.25, 0.3) is 5.69 Å². The summed E-state index contributed by atoms with van der Waals surface area (Å²) in [4.78, 5) is 14.4. The third kappa shape index (κ3) is 3.47. The molecule has 0 aliphatic rings. The first kappa shape index (κ1) is 16.1. The number of hydrogen-bond acceptors (Lipinski definition) is 5. The standard InChI is InChI=1S/C14H10Cl2N2O4/c1-22-13-3-2-10(18(20)21)6-12(13)17-7-8-4-9(15)5-11(16)14(8)19/h2-7,19H,1H3. The maximum absolute atomic E-state index is 10.8. The molecule has 0 aliphatic carbocycles. The Morgan fingerprint density at radius 3 is 2.68 bits per heavy atom. The van der Waals surface area contributed by atoms with E-state index in [1.54, 1.807) is 0 Å². The second-order valence-corrected chi connectivity index (χ2v) is 5.04. The van der Waals surface area contributed by atoms with Crippen LogP contribution >= 0.6 is 23.2 Å². The van der Waals surface area contributed by atoms with Crippen molar-refractivity contribution in [3.63, 3.8) is 0 Å².